The first kappa shape index (κ1) is 10.3. The summed E-state index contributed by atoms with van der Waals surface area (Å²) in [5.74, 6) is 2.19. The van der Waals surface area contributed by atoms with Gasteiger partial charge in [-0.15, -0.1) is 0 Å². The molecule has 2 fully saturated rings. The second kappa shape index (κ2) is 3.72. The minimum Gasteiger partial charge on any atom is -0.0856 e. The second-order valence-corrected chi connectivity index (χ2v) is 5.69. The fourth-order valence-electron chi connectivity index (χ4n) is 3.09. The molecule has 0 aromatic carbocycles. The maximum absolute atomic E-state index is 2.44. The monoisotopic (exact) mass is 192 g/mol. The second-order valence-electron chi connectivity index (χ2n) is 5.69. The van der Waals surface area contributed by atoms with Crippen molar-refractivity contribution < 1.29 is 0 Å². The maximum atomic E-state index is 2.44. The summed E-state index contributed by atoms with van der Waals surface area (Å²) < 4.78 is 0. The maximum Gasteiger partial charge on any atom is -0.0232 e. The van der Waals surface area contributed by atoms with Gasteiger partial charge in [0.05, 0.1) is 0 Å². The Morgan fingerprint density at radius 1 is 1.29 bits per heavy atom. The highest BCUT2D eigenvalue weighted by Crippen LogP contribution is 2.76. The highest BCUT2D eigenvalue weighted by atomic mass is 14.7. The molecule has 0 bridgehead atoms. The summed E-state index contributed by atoms with van der Waals surface area (Å²) in [6.07, 6.45) is 11.3. The van der Waals surface area contributed by atoms with Crippen LogP contribution < -0.4 is 0 Å². The number of rotatable bonds is 5. The van der Waals surface area contributed by atoms with Crippen molar-refractivity contribution in [2.24, 2.45) is 17.3 Å². The van der Waals surface area contributed by atoms with Crippen LogP contribution in [0.25, 0.3) is 0 Å². The molecule has 0 aliphatic heterocycles. The van der Waals surface area contributed by atoms with Gasteiger partial charge in [-0.1, -0.05) is 31.4 Å². The summed E-state index contributed by atoms with van der Waals surface area (Å²) in [5.41, 5.74) is 2.37. The van der Waals surface area contributed by atoms with Crippen LogP contribution in [0.1, 0.15) is 59.3 Å². The van der Waals surface area contributed by atoms with Gasteiger partial charge in [0.1, 0.15) is 0 Å². The molecule has 2 rings (SSSR count). The third-order valence-corrected chi connectivity index (χ3v) is 4.28. The molecule has 0 saturated heterocycles. The Kier molecular flexibility index (Phi) is 2.72. The molecule has 2 aliphatic carbocycles. The van der Waals surface area contributed by atoms with E-state index in [1.165, 1.54) is 31.3 Å². The van der Waals surface area contributed by atoms with Gasteiger partial charge < -0.3 is 0 Å². The molecule has 80 valence electrons. The van der Waals surface area contributed by atoms with E-state index in [0.717, 1.165) is 17.3 Å². The van der Waals surface area contributed by atoms with Crippen LogP contribution in [-0.2, 0) is 0 Å². The molecule has 0 aromatic heterocycles. The molecule has 14 heavy (non-hydrogen) atoms. The predicted octanol–water partition coefficient (Wildman–Crippen LogP) is 4.56. The Morgan fingerprint density at radius 3 is 2.64 bits per heavy atom. The Bertz CT molecular complexity index is 234. The molecule has 0 heterocycles. The highest BCUT2D eigenvalue weighted by Gasteiger charge is 2.68. The Hall–Kier alpha value is -0.260. The van der Waals surface area contributed by atoms with E-state index in [4.69, 9.17) is 0 Å². The number of allylic oxidation sites excluding steroid dienone is 2. The zero-order valence-corrected chi connectivity index (χ0v) is 9.97. The van der Waals surface area contributed by atoms with Crippen LogP contribution in [0.4, 0.5) is 0 Å². The van der Waals surface area contributed by atoms with Gasteiger partial charge in [-0.3, -0.25) is 0 Å². The van der Waals surface area contributed by atoms with Crippen molar-refractivity contribution in [3.63, 3.8) is 0 Å². The summed E-state index contributed by atoms with van der Waals surface area (Å²) in [5, 5.41) is 0. The summed E-state index contributed by atoms with van der Waals surface area (Å²) in [4.78, 5) is 0. The quantitative estimate of drug-likeness (QED) is 0.560. The number of unbranched alkanes of at least 4 members (excludes halogenated alkanes) is 1. The van der Waals surface area contributed by atoms with Crippen molar-refractivity contribution in [3.8, 4) is 0 Å². The molecule has 0 heteroatoms. The third kappa shape index (κ3) is 1.89. The lowest BCUT2D eigenvalue weighted by atomic mass is 10.1. The summed E-state index contributed by atoms with van der Waals surface area (Å²) in [7, 11) is 0. The van der Waals surface area contributed by atoms with E-state index >= 15 is 0 Å². The van der Waals surface area contributed by atoms with Gasteiger partial charge in [0.2, 0.25) is 0 Å². The summed E-state index contributed by atoms with van der Waals surface area (Å²) in [6, 6.07) is 0. The molecule has 3 atom stereocenters. The molecule has 0 aromatic rings. The van der Waals surface area contributed by atoms with Gasteiger partial charge in [-0.25, -0.2) is 0 Å². The van der Waals surface area contributed by atoms with E-state index in [0.29, 0.717) is 0 Å². The number of hydrogen-bond acceptors (Lipinski definition) is 0. The van der Waals surface area contributed by atoms with E-state index in [-0.39, 0.29) is 0 Å². The first-order valence-corrected chi connectivity index (χ1v) is 6.32. The first-order valence-electron chi connectivity index (χ1n) is 6.32. The molecular weight excluding hydrogens is 168 g/mol. The molecule has 1 spiro atoms. The van der Waals surface area contributed by atoms with Crippen LogP contribution in [0.5, 0.6) is 0 Å². The predicted molar refractivity (Wildman–Crippen MR) is 62.2 cm³/mol. The van der Waals surface area contributed by atoms with Crippen LogP contribution in [0.2, 0.25) is 0 Å². The highest BCUT2D eigenvalue weighted by molar-refractivity contribution is 5.19. The fraction of sp³-hybridized carbons (Fsp3) is 0.857. The summed E-state index contributed by atoms with van der Waals surface area (Å²) >= 11 is 0. The molecule has 2 aliphatic rings. The Balaban J connectivity index is 1.70. The van der Waals surface area contributed by atoms with Crippen molar-refractivity contribution >= 4 is 0 Å². The molecule has 0 radical (unpaired) electrons. The summed E-state index contributed by atoms with van der Waals surface area (Å²) in [6.45, 7) is 6.75. The fourth-order valence-corrected chi connectivity index (χ4v) is 3.09. The topological polar surface area (TPSA) is 0 Å². The van der Waals surface area contributed by atoms with Crippen molar-refractivity contribution in [1.82, 2.24) is 0 Å². The van der Waals surface area contributed by atoms with Crippen LogP contribution in [0, 0.1) is 17.3 Å². The zero-order valence-electron chi connectivity index (χ0n) is 9.97. The van der Waals surface area contributed by atoms with E-state index < -0.39 is 0 Å². The van der Waals surface area contributed by atoms with E-state index in [1.54, 1.807) is 12.8 Å². The smallest absolute Gasteiger partial charge is 0.0232 e. The minimum atomic E-state index is 0.876. The normalized spacial score (nSPS) is 38.5. The van der Waals surface area contributed by atoms with E-state index in [2.05, 4.69) is 26.8 Å². The lowest BCUT2D eigenvalue weighted by Crippen LogP contribution is -1.86. The van der Waals surface area contributed by atoms with Crippen molar-refractivity contribution in [2.75, 3.05) is 0 Å². The average molecular weight is 192 g/mol. The van der Waals surface area contributed by atoms with E-state index in [1.807, 2.05) is 0 Å². The van der Waals surface area contributed by atoms with Gasteiger partial charge in [0, 0.05) is 0 Å². The third-order valence-electron chi connectivity index (χ3n) is 4.28. The van der Waals surface area contributed by atoms with Crippen molar-refractivity contribution in [3.05, 3.63) is 11.6 Å². The SMILES string of the molecule is CCCCC1CC12CC2CC=C(C)C. The molecule has 0 amide bonds. The van der Waals surface area contributed by atoms with Crippen molar-refractivity contribution in [1.29, 1.82) is 0 Å². The van der Waals surface area contributed by atoms with Crippen LogP contribution in [0.3, 0.4) is 0 Å². The molecule has 0 N–H and O–H groups in total. The lowest BCUT2D eigenvalue weighted by Gasteiger charge is -1.96. The molecular formula is C14H24. The van der Waals surface area contributed by atoms with Crippen molar-refractivity contribution in [2.45, 2.75) is 59.3 Å². The molecule has 2 saturated carbocycles. The number of hydrogen-bond donors (Lipinski definition) is 0. The Labute approximate surface area is 88.8 Å². The lowest BCUT2D eigenvalue weighted by molar-refractivity contribution is 0.567. The molecule has 3 unspecified atom stereocenters. The van der Waals surface area contributed by atoms with Gasteiger partial charge >= 0.3 is 0 Å². The van der Waals surface area contributed by atoms with Gasteiger partial charge in [0.25, 0.3) is 0 Å². The van der Waals surface area contributed by atoms with Crippen LogP contribution in [0.15, 0.2) is 11.6 Å². The van der Waals surface area contributed by atoms with Gasteiger partial charge in [-0.2, -0.15) is 0 Å². The zero-order chi connectivity index (χ0) is 10.2. The van der Waals surface area contributed by atoms with Crippen LogP contribution in [-0.4, -0.2) is 0 Å². The largest absolute Gasteiger partial charge is 0.0856 e. The van der Waals surface area contributed by atoms with E-state index in [9.17, 15) is 0 Å². The van der Waals surface area contributed by atoms with Crippen LogP contribution >= 0.6 is 0 Å². The minimum absolute atomic E-state index is 0.876. The molecule has 0 nitrogen and oxygen atoms in total. The standard InChI is InChI=1S/C14H24/c1-4-5-6-12-9-14(12)10-13(14)8-7-11(2)3/h7,12-13H,4-6,8-10H2,1-3H3. The van der Waals surface area contributed by atoms with Gasteiger partial charge in [-0.05, 0) is 56.8 Å². The first-order chi connectivity index (χ1) is 6.69. The Morgan fingerprint density at radius 2 is 2.00 bits per heavy atom. The van der Waals surface area contributed by atoms with Gasteiger partial charge in [0.15, 0.2) is 0 Å². The average Bonchev–Trinajstić information content (AvgIpc) is 3.01.